The molecule has 6 atom stereocenters. The molecule has 1 spiro atoms. The van der Waals surface area contributed by atoms with Gasteiger partial charge >= 0.3 is 5.97 Å². The lowest BCUT2D eigenvalue weighted by molar-refractivity contribution is -0.251. The van der Waals surface area contributed by atoms with Crippen LogP contribution in [0, 0.1) is 29.1 Å². The molecule has 0 N–H and O–H groups in total. The molecule has 5 aliphatic rings. The highest BCUT2D eigenvalue weighted by atomic mass is 16.6. The van der Waals surface area contributed by atoms with E-state index in [0.717, 1.165) is 18.3 Å². The first kappa shape index (κ1) is 12.0. The molecule has 104 valence electrons. The summed E-state index contributed by atoms with van der Waals surface area (Å²) in [6, 6.07) is 0. The summed E-state index contributed by atoms with van der Waals surface area (Å²) in [7, 11) is 0. The van der Waals surface area contributed by atoms with E-state index in [1.807, 2.05) is 0 Å². The van der Waals surface area contributed by atoms with E-state index in [1.165, 1.54) is 32.1 Å². The number of carbonyl (C=O) groups excluding carboxylic acids is 1. The van der Waals surface area contributed by atoms with E-state index in [9.17, 15) is 4.79 Å². The van der Waals surface area contributed by atoms with Crippen LogP contribution >= 0.6 is 0 Å². The maximum atomic E-state index is 12.1. The van der Waals surface area contributed by atoms with E-state index in [1.54, 1.807) is 6.92 Å². The minimum atomic E-state index is -0.163. The summed E-state index contributed by atoms with van der Waals surface area (Å²) in [5, 5.41) is 0. The average molecular weight is 260 g/mol. The minimum absolute atomic E-state index is 0.155. The SMILES string of the molecule is C=C(C)C(=O)OC1(CC)C2CC3CC4C1CC4(C3)C2. The molecular weight excluding hydrogens is 236 g/mol. The second-order valence-corrected chi connectivity index (χ2v) is 7.70. The van der Waals surface area contributed by atoms with Gasteiger partial charge in [0.1, 0.15) is 5.60 Å². The van der Waals surface area contributed by atoms with Crippen molar-refractivity contribution in [2.24, 2.45) is 29.1 Å². The average Bonchev–Trinajstić information content (AvgIpc) is 2.52. The Morgan fingerprint density at radius 1 is 1.26 bits per heavy atom. The molecule has 0 aromatic heterocycles. The molecule has 5 saturated carbocycles. The number of hydrogen-bond donors (Lipinski definition) is 0. The summed E-state index contributed by atoms with van der Waals surface area (Å²) < 4.78 is 6.08. The highest BCUT2D eigenvalue weighted by molar-refractivity contribution is 5.87. The van der Waals surface area contributed by atoms with Gasteiger partial charge in [0.25, 0.3) is 0 Å². The van der Waals surface area contributed by atoms with Gasteiger partial charge in [-0.3, -0.25) is 0 Å². The Morgan fingerprint density at radius 3 is 2.74 bits per heavy atom. The van der Waals surface area contributed by atoms with E-state index in [2.05, 4.69) is 13.5 Å². The molecule has 0 heterocycles. The Hall–Kier alpha value is -0.790. The van der Waals surface area contributed by atoms with Gasteiger partial charge in [0, 0.05) is 11.5 Å². The van der Waals surface area contributed by atoms with Crippen LogP contribution in [-0.4, -0.2) is 11.6 Å². The van der Waals surface area contributed by atoms with Gasteiger partial charge in [0.15, 0.2) is 0 Å². The Labute approximate surface area is 115 Å². The molecule has 5 rings (SSSR count). The third kappa shape index (κ3) is 1.26. The second-order valence-electron chi connectivity index (χ2n) is 7.70. The van der Waals surface area contributed by atoms with Crippen LogP contribution in [0.1, 0.15) is 52.4 Å². The van der Waals surface area contributed by atoms with Crippen LogP contribution < -0.4 is 0 Å². The molecule has 2 heteroatoms. The molecule has 4 bridgehead atoms. The van der Waals surface area contributed by atoms with Crippen molar-refractivity contribution >= 4 is 5.97 Å². The zero-order valence-corrected chi connectivity index (χ0v) is 12.1. The summed E-state index contributed by atoms with van der Waals surface area (Å²) in [6.07, 6.45) is 7.81. The Bertz CT molecular complexity index is 462. The highest BCUT2D eigenvalue weighted by Crippen LogP contribution is 2.78. The second kappa shape index (κ2) is 3.45. The van der Waals surface area contributed by atoms with Gasteiger partial charge in [-0.15, -0.1) is 0 Å². The fraction of sp³-hybridized carbons (Fsp3) is 0.824. The maximum absolute atomic E-state index is 12.1. The molecular formula is C17H24O2. The topological polar surface area (TPSA) is 26.3 Å². The standard InChI is InChI=1S/C17H24O2/c1-4-17(19-15(18)10(2)3)12-5-11-6-13-14(17)9-16(13,7-11)8-12/h11-14H,2,4-9H2,1,3H3. The molecule has 5 aliphatic carbocycles. The van der Waals surface area contributed by atoms with E-state index < -0.39 is 0 Å². The lowest BCUT2D eigenvalue weighted by atomic mass is 9.40. The molecule has 19 heavy (non-hydrogen) atoms. The van der Waals surface area contributed by atoms with Gasteiger partial charge in [-0.05, 0) is 68.6 Å². The summed E-state index contributed by atoms with van der Waals surface area (Å²) in [5.41, 5.74) is 1.07. The number of esters is 1. The van der Waals surface area contributed by atoms with Crippen LogP contribution in [0.2, 0.25) is 0 Å². The van der Waals surface area contributed by atoms with Crippen LogP contribution in [0.5, 0.6) is 0 Å². The zero-order chi connectivity index (χ0) is 13.4. The number of carbonyl (C=O) groups is 1. The molecule has 0 aromatic carbocycles. The smallest absolute Gasteiger partial charge is 0.333 e. The fourth-order valence-corrected chi connectivity index (χ4v) is 6.37. The van der Waals surface area contributed by atoms with Crippen molar-refractivity contribution in [1.29, 1.82) is 0 Å². The van der Waals surface area contributed by atoms with Crippen LogP contribution in [0.4, 0.5) is 0 Å². The van der Waals surface area contributed by atoms with Crippen molar-refractivity contribution in [3.8, 4) is 0 Å². The van der Waals surface area contributed by atoms with E-state index in [4.69, 9.17) is 4.74 Å². The highest BCUT2D eigenvalue weighted by Gasteiger charge is 2.74. The van der Waals surface area contributed by atoms with Crippen LogP contribution in [0.15, 0.2) is 12.2 Å². The van der Waals surface area contributed by atoms with Gasteiger partial charge in [-0.1, -0.05) is 13.5 Å². The van der Waals surface area contributed by atoms with E-state index in [0.29, 0.717) is 22.8 Å². The van der Waals surface area contributed by atoms with Gasteiger partial charge in [0.2, 0.25) is 0 Å². The number of ether oxygens (including phenoxy) is 1. The normalized spacial score (nSPS) is 52.7. The lowest BCUT2D eigenvalue weighted by Crippen LogP contribution is -2.66. The van der Waals surface area contributed by atoms with Crippen molar-refractivity contribution < 1.29 is 9.53 Å². The molecule has 0 radical (unpaired) electrons. The minimum Gasteiger partial charge on any atom is -0.455 e. The zero-order valence-electron chi connectivity index (χ0n) is 12.1. The first-order valence-corrected chi connectivity index (χ1v) is 7.89. The molecule has 5 fully saturated rings. The summed E-state index contributed by atoms with van der Waals surface area (Å²) in [4.78, 5) is 12.1. The summed E-state index contributed by atoms with van der Waals surface area (Å²) >= 11 is 0. The summed E-state index contributed by atoms with van der Waals surface area (Å²) in [5.74, 6) is 2.88. The first-order chi connectivity index (χ1) is 9.01. The Kier molecular flexibility index (Phi) is 2.18. The molecule has 6 unspecified atom stereocenters. The van der Waals surface area contributed by atoms with Crippen LogP contribution in [0.25, 0.3) is 0 Å². The van der Waals surface area contributed by atoms with Gasteiger partial charge in [0.05, 0.1) is 0 Å². The first-order valence-electron chi connectivity index (χ1n) is 7.89. The van der Waals surface area contributed by atoms with Crippen molar-refractivity contribution in [3.63, 3.8) is 0 Å². The van der Waals surface area contributed by atoms with Gasteiger partial charge in [-0.2, -0.15) is 0 Å². The van der Waals surface area contributed by atoms with Crippen molar-refractivity contribution in [2.45, 2.75) is 58.0 Å². The van der Waals surface area contributed by atoms with Crippen LogP contribution in [0.3, 0.4) is 0 Å². The molecule has 0 saturated heterocycles. The van der Waals surface area contributed by atoms with Crippen molar-refractivity contribution in [3.05, 3.63) is 12.2 Å². The Morgan fingerprint density at radius 2 is 2.05 bits per heavy atom. The number of fused-ring (bicyclic) bond motifs is 1. The molecule has 0 amide bonds. The third-order valence-corrected chi connectivity index (χ3v) is 6.95. The van der Waals surface area contributed by atoms with E-state index in [-0.39, 0.29) is 11.6 Å². The monoisotopic (exact) mass is 260 g/mol. The largest absolute Gasteiger partial charge is 0.455 e. The quantitative estimate of drug-likeness (QED) is 0.571. The summed E-state index contributed by atoms with van der Waals surface area (Å²) in [6.45, 7) is 7.73. The Balaban J connectivity index is 1.70. The van der Waals surface area contributed by atoms with Gasteiger partial charge < -0.3 is 4.74 Å². The van der Waals surface area contributed by atoms with Gasteiger partial charge in [-0.25, -0.2) is 4.79 Å². The number of rotatable bonds is 3. The molecule has 0 aliphatic heterocycles. The third-order valence-electron chi connectivity index (χ3n) is 6.95. The molecule has 0 aromatic rings. The fourth-order valence-electron chi connectivity index (χ4n) is 6.37. The number of hydrogen-bond acceptors (Lipinski definition) is 2. The predicted molar refractivity (Wildman–Crippen MR) is 73.4 cm³/mol. The molecule has 2 nitrogen and oxygen atoms in total. The van der Waals surface area contributed by atoms with Crippen LogP contribution in [-0.2, 0) is 9.53 Å². The lowest BCUT2D eigenvalue weighted by Gasteiger charge is -2.67. The van der Waals surface area contributed by atoms with Crippen molar-refractivity contribution in [2.75, 3.05) is 0 Å². The van der Waals surface area contributed by atoms with Crippen molar-refractivity contribution in [1.82, 2.24) is 0 Å². The predicted octanol–water partition coefficient (Wildman–Crippen LogP) is 3.71. The van der Waals surface area contributed by atoms with E-state index >= 15 is 0 Å². The maximum Gasteiger partial charge on any atom is 0.333 e.